The molecule has 0 spiro atoms. The summed E-state index contributed by atoms with van der Waals surface area (Å²) < 4.78 is 16.2. The van der Waals surface area contributed by atoms with E-state index in [1.807, 2.05) is 19.9 Å². The molecule has 1 aliphatic rings. The second kappa shape index (κ2) is 8.86. The maximum Gasteiger partial charge on any atom is 0.251 e. The van der Waals surface area contributed by atoms with E-state index in [1.54, 1.807) is 18.2 Å². The van der Waals surface area contributed by atoms with Gasteiger partial charge in [-0.15, -0.1) is 0 Å². The number of methoxy groups -OCH3 is 2. The molecule has 0 fully saturated rings. The molecule has 7 nitrogen and oxygen atoms in total. The molecule has 1 aliphatic heterocycles. The monoisotopic (exact) mass is 398 g/mol. The van der Waals surface area contributed by atoms with Crippen LogP contribution in [-0.4, -0.2) is 39.2 Å². The number of rotatable bonds is 6. The van der Waals surface area contributed by atoms with Gasteiger partial charge in [-0.05, 0) is 37.6 Å². The summed E-state index contributed by atoms with van der Waals surface area (Å²) in [6, 6.07) is 8.81. The number of fused-ring (bicyclic) bond motifs is 1. The lowest BCUT2D eigenvalue weighted by Crippen LogP contribution is -2.40. The number of nitrogens with one attached hydrogen (secondary N) is 2. The third kappa shape index (κ3) is 4.62. The average Bonchev–Trinajstić information content (AvgIpc) is 2.72. The van der Waals surface area contributed by atoms with E-state index >= 15 is 0 Å². The van der Waals surface area contributed by atoms with Gasteiger partial charge in [-0.3, -0.25) is 9.59 Å². The van der Waals surface area contributed by atoms with Gasteiger partial charge in [-0.25, -0.2) is 0 Å². The molecule has 2 aromatic carbocycles. The van der Waals surface area contributed by atoms with Crippen LogP contribution < -0.4 is 24.8 Å². The molecule has 1 heterocycles. The molecule has 1 unspecified atom stereocenters. The molecular formula is C22H26N2O5. The van der Waals surface area contributed by atoms with E-state index in [2.05, 4.69) is 16.7 Å². The van der Waals surface area contributed by atoms with Gasteiger partial charge in [0.15, 0.2) is 11.5 Å². The van der Waals surface area contributed by atoms with E-state index in [0.29, 0.717) is 30.1 Å². The summed E-state index contributed by atoms with van der Waals surface area (Å²) in [4.78, 5) is 24.8. The predicted octanol–water partition coefficient (Wildman–Crippen LogP) is 2.69. The first-order valence-corrected chi connectivity index (χ1v) is 9.46. The Morgan fingerprint density at radius 3 is 2.59 bits per heavy atom. The van der Waals surface area contributed by atoms with Gasteiger partial charge in [0.2, 0.25) is 5.91 Å². The van der Waals surface area contributed by atoms with Gasteiger partial charge < -0.3 is 24.8 Å². The quantitative estimate of drug-likeness (QED) is 0.781. The van der Waals surface area contributed by atoms with Crippen LogP contribution in [-0.2, 0) is 4.79 Å². The van der Waals surface area contributed by atoms with E-state index in [4.69, 9.17) is 14.2 Å². The Balaban J connectivity index is 1.62. The normalized spacial score (nSPS) is 15.0. The van der Waals surface area contributed by atoms with Gasteiger partial charge in [-0.2, -0.15) is 0 Å². The summed E-state index contributed by atoms with van der Waals surface area (Å²) in [5.74, 6) is 1.21. The number of hydrogen-bond donors (Lipinski definition) is 2. The van der Waals surface area contributed by atoms with Crippen molar-refractivity contribution in [2.45, 2.75) is 26.3 Å². The highest BCUT2D eigenvalue weighted by Crippen LogP contribution is 2.35. The Morgan fingerprint density at radius 2 is 1.86 bits per heavy atom. The first-order chi connectivity index (χ1) is 13.9. The Bertz CT molecular complexity index is 926. The standard InChI is InChI=1S/C22H26N2O5/c1-13-9-14(2)21-16(10-13)17(7-8-29-21)24-20(25)12-23-22(26)15-5-6-18(27-3)19(11-15)28-4/h5-6,9-11,17H,7-8,12H2,1-4H3,(H,23,26)(H,24,25). The van der Waals surface area contributed by atoms with Gasteiger partial charge in [0, 0.05) is 17.5 Å². The minimum atomic E-state index is -0.361. The molecule has 7 heteroatoms. The van der Waals surface area contributed by atoms with E-state index in [9.17, 15) is 9.59 Å². The fourth-order valence-electron chi connectivity index (χ4n) is 3.51. The van der Waals surface area contributed by atoms with Gasteiger partial charge in [0.1, 0.15) is 5.75 Å². The minimum Gasteiger partial charge on any atom is -0.493 e. The van der Waals surface area contributed by atoms with Crippen molar-refractivity contribution in [3.05, 3.63) is 52.6 Å². The van der Waals surface area contributed by atoms with E-state index in [1.165, 1.54) is 14.2 Å². The zero-order valence-corrected chi connectivity index (χ0v) is 17.1. The molecule has 0 aliphatic carbocycles. The Morgan fingerprint density at radius 1 is 1.10 bits per heavy atom. The lowest BCUT2D eigenvalue weighted by atomic mass is 9.95. The number of amides is 2. The summed E-state index contributed by atoms with van der Waals surface area (Å²) in [5, 5.41) is 5.64. The summed E-state index contributed by atoms with van der Waals surface area (Å²) >= 11 is 0. The van der Waals surface area contributed by atoms with Crippen LogP contribution in [0.1, 0.15) is 39.5 Å². The van der Waals surface area contributed by atoms with Crippen LogP contribution in [0.5, 0.6) is 17.2 Å². The van der Waals surface area contributed by atoms with Crippen molar-refractivity contribution < 1.29 is 23.8 Å². The molecule has 1 atom stereocenters. The minimum absolute atomic E-state index is 0.120. The third-order valence-electron chi connectivity index (χ3n) is 4.87. The van der Waals surface area contributed by atoms with Crippen LogP contribution in [0.2, 0.25) is 0 Å². The molecule has 0 saturated heterocycles. The summed E-state index contributed by atoms with van der Waals surface area (Å²) in [5.41, 5.74) is 3.54. The second-order valence-corrected chi connectivity index (χ2v) is 7.01. The van der Waals surface area contributed by atoms with Crippen LogP contribution in [0.3, 0.4) is 0 Å². The van der Waals surface area contributed by atoms with Crippen molar-refractivity contribution >= 4 is 11.8 Å². The van der Waals surface area contributed by atoms with Gasteiger partial charge in [0.05, 0.1) is 33.4 Å². The molecule has 2 aromatic rings. The van der Waals surface area contributed by atoms with Crippen molar-refractivity contribution in [3.8, 4) is 17.2 Å². The van der Waals surface area contributed by atoms with E-state index in [0.717, 1.165) is 22.4 Å². The molecule has 0 saturated carbocycles. The van der Waals surface area contributed by atoms with Crippen LogP contribution in [0.4, 0.5) is 0 Å². The summed E-state index contributed by atoms with van der Waals surface area (Å²) in [6.45, 7) is 4.44. The number of aryl methyl sites for hydroxylation is 2. The Kier molecular flexibility index (Phi) is 6.26. The van der Waals surface area contributed by atoms with Crippen molar-refractivity contribution in [2.75, 3.05) is 27.4 Å². The Hall–Kier alpha value is -3.22. The zero-order chi connectivity index (χ0) is 21.0. The zero-order valence-electron chi connectivity index (χ0n) is 17.1. The van der Waals surface area contributed by atoms with Crippen LogP contribution in [0.25, 0.3) is 0 Å². The fraction of sp³-hybridized carbons (Fsp3) is 0.364. The lowest BCUT2D eigenvalue weighted by Gasteiger charge is -2.28. The molecule has 154 valence electrons. The van der Waals surface area contributed by atoms with Gasteiger partial charge >= 0.3 is 0 Å². The number of ether oxygens (including phenoxy) is 3. The highest BCUT2D eigenvalue weighted by Gasteiger charge is 2.25. The Labute approximate surface area is 170 Å². The number of carbonyl (C=O) groups excluding carboxylic acids is 2. The maximum absolute atomic E-state index is 12.4. The molecular weight excluding hydrogens is 372 g/mol. The molecule has 3 rings (SSSR count). The molecule has 0 aromatic heterocycles. The van der Waals surface area contributed by atoms with Gasteiger partial charge in [0.25, 0.3) is 5.91 Å². The first-order valence-electron chi connectivity index (χ1n) is 9.46. The highest BCUT2D eigenvalue weighted by atomic mass is 16.5. The van der Waals surface area contributed by atoms with Crippen molar-refractivity contribution in [1.29, 1.82) is 0 Å². The first kappa shape index (κ1) is 20.5. The predicted molar refractivity (Wildman–Crippen MR) is 109 cm³/mol. The topological polar surface area (TPSA) is 85.9 Å². The fourth-order valence-corrected chi connectivity index (χ4v) is 3.51. The lowest BCUT2D eigenvalue weighted by molar-refractivity contribution is -0.121. The number of carbonyl (C=O) groups is 2. The highest BCUT2D eigenvalue weighted by molar-refractivity contribution is 5.97. The smallest absolute Gasteiger partial charge is 0.251 e. The average molecular weight is 398 g/mol. The summed E-state index contributed by atoms with van der Waals surface area (Å²) in [6.07, 6.45) is 0.686. The summed E-state index contributed by atoms with van der Waals surface area (Å²) in [7, 11) is 3.03. The van der Waals surface area contributed by atoms with Crippen molar-refractivity contribution in [1.82, 2.24) is 10.6 Å². The molecule has 2 amide bonds. The van der Waals surface area contributed by atoms with E-state index < -0.39 is 0 Å². The molecule has 0 bridgehead atoms. The van der Waals surface area contributed by atoms with Crippen molar-refractivity contribution in [3.63, 3.8) is 0 Å². The maximum atomic E-state index is 12.4. The largest absolute Gasteiger partial charge is 0.493 e. The van der Waals surface area contributed by atoms with Crippen LogP contribution in [0, 0.1) is 13.8 Å². The van der Waals surface area contributed by atoms with Crippen LogP contribution in [0.15, 0.2) is 30.3 Å². The SMILES string of the molecule is COc1ccc(C(=O)NCC(=O)NC2CCOc3c(C)cc(C)cc32)cc1OC. The van der Waals surface area contributed by atoms with E-state index in [-0.39, 0.29) is 24.4 Å². The van der Waals surface area contributed by atoms with Gasteiger partial charge in [-0.1, -0.05) is 17.7 Å². The molecule has 0 radical (unpaired) electrons. The second-order valence-electron chi connectivity index (χ2n) is 7.01. The number of benzene rings is 2. The third-order valence-corrected chi connectivity index (χ3v) is 4.87. The molecule has 2 N–H and O–H groups in total. The van der Waals surface area contributed by atoms with Crippen molar-refractivity contribution in [2.24, 2.45) is 0 Å². The number of hydrogen-bond acceptors (Lipinski definition) is 5. The molecule has 29 heavy (non-hydrogen) atoms. The van der Waals surface area contributed by atoms with Crippen LogP contribution >= 0.6 is 0 Å².